The zero-order valence-electron chi connectivity index (χ0n) is 8.71. The smallest absolute Gasteiger partial charge is 0.310 e. The molecule has 6 nitrogen and oxygen atoms in total. The highest BCUT2D eigenvalue weighted by Crippen LogP contribution is 2.42. The SMILES string of the molecule is CC(=O)O[C@@H]1C[C@@H]2OC(=O)C[C@@H]2C1C(=O)O. The Hall–Kier alpha value is -1.59. The van der Waals surface area contributed by atoms with Crippen LogP contribution in [0, 0.1) is 11.8 Å². The van der Waals surface area contributed by atoms with Crippen molar-refractivity contribution in [2.24, 2.45) is 11.8 Å². The van der Waals surface area contributed by atoms with Gasteiger partial charge in [-0.1, -0.05) is 0 Å². The van der Waals surface area contributed by atoms with Crippen molar-refractivity contribution < 1.29 is 29.0 Å². The Balaban J connectivity index is 2.15. The summed E-state index contributed by atoms with van der Waals surface area (Å²) in [6, 6.07) is 0. The number of carboxylic acid groups (broad SMARTS) is 1. The van der Waals surface area contributed by atoms with E-state index < -0.39 is 30.1 Å². The molecule has 2 rings (SSSR count). The molecule has 1 aliphatic carbocycles. The van der Waals surface area contributed by atoms with Crippen molar-refractivity contribution in [1.82, 2.24) is 0 Å². The van der Waals surface area contributed by atoms with E-state index in [1.54, 1.807) is 0 Å². The summed E-state index contributed by atoms with van der Waals surface area (Å²) in [5.74, 6) is -3.13. The molecular formula is C10H12O6. The Morgan fingerprint density at radius 1 is 1.50 bits per heavy atom. The van der Waals surface area contributed by atoms with Gasteiger partial charge >= 0.3 is 17.9 Å². The minimum atomic E-state index is -1.04. The van der Waals surface area contributed by atoms with Gasteiger partial charge in [-0.2, -0.15) is 0 Å². The summed E-state index contributed by atoms with van der Waals surface area (Å²) in [5.41, 5.74) is 0. The lowest BCUT2D eigenvalue weighted by molar-refractivity contribution is -0.156. The molecule has 88 valence electrons. The van der Waals surface area contributed by atoms with Gasteiger partial charge in [0.25, 0.3) is 0 Å². The van der Waals surface area contributed by atoms with Crippen molar-refractivity contribution in [1.29, 1.82) is 0 Å². The standard InChI is InChI=1S/C10H12O6/c1-4(11)15-7-3-6-5(2-8(12)16-6)9(7)10(13)14/h5-7,9H,2-3H2,1H3,(H,13,14)/t5-,6-,7+,9?/m0/s1. The number of carbonyl (C=O) groups excluding carboxylic acids is 2. The predicted octanol–water partition coefficient (Wildman–Crippen LogP) is -0.0457. The molecule has 2 fully saturated rings. The van der Waals surface area contributed by atoms with Gasteiger partial charge in [0.15, 0.2) is 0 Å². The van der Waals surface area contributed by atoms with Crippen molar-refractivity contribution in [3.05, 3.63) is 0 Å². The molecule has 0 aromatic rings. The van der Waals surface area contributed by atoms with Crippen LogP contribution in [0.3, 0.4) is 0 Å². The van der Waals surface area contributed by atoms with Gasteiger partial charge in [-0.15, -0.1) is 0 Å². The van der Waals surface area contributed by atoms with Gasteiger partial charge in [0, 0.05) is 19.3 Å². The number of carbonyl (C=O) groups is 3. The van der Waals surface area contributed by atoms with Crippen LogP contribution in [0.1, 0.15) is 19.8 Å². The molecule has 1 unspecified atom stereocenters. The van der Waals surface area contributed by atoms with E-state index in [0.29, 0.717) is 0 Å². The van der Waals surface area contributed by atoms with Gasteiger partial charge in [0.05, 0.1) is 6.42 Å². The van der Waals surface area contributed by atoms with Crippen molar-refractivity contribution >= 4 is 17.9 Å². The number of fused-ring (bicyclic) bond motifs is 1. The Morgan fingerprint density at radius 3 is 2.75 bits per heavy atom. The van der Waals surface area contributed by atoms with Gasteiger partial charge in [-0.25, -0.2) is 0 Å². The summed E-state index contributed by atoms with van der Waals surface area (Å²) >= 11 is 0. The number of carboxylic acids is 1. The number of hydrogen-bond donors (Lipinski definition) is 1. The highest BCUT2D eigenvalue weighted by Gasteiger charge is 2.54. The first-order chi connectivity index (χ1) is 7.49. The van der Waals surface area contributed by atoms with E-state index in [9.17, 15) is 14.4 Å². The lowest BCUT2D eigenvalue weighted by Crippen LogP contribution is -2.31. The van der Waals surface area contributed by atoms with Crippen LogP contribution in [0.25, 0.3) is 0 Å². The third-order valence-electron chi connectivity index (χ3n) is 3.09. The van der Waals surface area contributed by atoms with Crippen LogP contribution in [0.4, 0.5) is 0 Å². The Bertz CT molecular complexity index is 349. The summed E-state index contributed by atoms with van der Waals surface area (Å²) in [4.78, 5) is 32.9. The van der Waals surface area contributed by atoms with E-state index >= 15 is 0 Å². The Labute approximate surface area is 91.5 Å². The van der Waals surface area contributed by atoms with Gasteiger partial charge in [-0.3, -0.25) is 14.4 Å². The average Bonchev–Trinajstić information content (AvgIpc) is 2.57. The van der Waals surface area contributed by atoms with Crippen LogP contribution in [0.15, 0.2) is 0 Å². The van der Waals surface area contributed by atoms with Crippen LogP contribution in [0.2, 0.25) is 0 Å². The maximum atomic E-state index is 11.1. The predicted molar refractivity (Wildman–Crippen MR) is 49.3 cm³/mol. The van der Waals surface area contributed by atoms with Crippen molar-refractivity contribution in [3.63, 3.8) is 0 Å². The molecule has 1 saturated carbocycles. The first-order valence-corrected chi connectivity index (χ1v) is 5.08. The van der Waals surface area contributed by atoms with Crippen LogP contribution >= 0.6 is 0 Å². The molecule has 0 bridgehead atoms. The molecule has 0 spiro atoms. The summed E-state index contributed by atoms with van der Waals surface area (Å²) < 4.78 is 9.93. The fourth-order valence-corrected chi connectivity index (χ4v) is 2.54. The molecule has 1 heterocycles. The minimum Gasteiger partial charge on any atom is -0.481 e. The molecule has 2 aliphatic rings. The van der Waals surface area contributed by atoms with Crippen LogP contribution in [0.5, 0.6) is 0 Å². The molecule has 1 saturated heterocycles. The molecule has 1 N–H and O–H groups in total. The number of rotatable bonds is 2. The van der Waals surface area contributed by atoms with E-state index in [1.165, 1.54) is 6.92 Å². The lowest BCUT2D eigenvalue weighted by atomic mass is 9.92. The number of esters is 2. The maximum Gasteiger partial charge on any atom is 0.310 e. The molecule has 0 aromatic heterocycles. The number of hydrogen-bond acceptors (Lipinski definition) is 5. The normalized spacial score (nSPS) is 36.7. The monoisotopic (exact) mass is 228 g/mol. The second-order valence-electron chi connectivity index (χ2n) is 4.14. The third kappa shape index (κ3) is 1.75. The van der Waals surface area contributed by atoms with Gasteiger partial charge < -0.3 is 14.6 Å². The third-order valence-corrected chi connectivity index (χ3v) is 3.09. The average molecular weight is 228 g/mol. The van der Waals surface area contributed by atoms with E-state index in [4.69, 9.17) is 14.6 Å². The first kappa shape index (κ1) is 10.9. The van der Waals surface area contributed by atoms with Gasteiger partial charge in [0.1, 0.15) is 18.1 Å². The number of ether oxygens (including phenoxy) is 2. The first-order valence-electron chi connectivity index (χ1n) is 5.08. The number of aliphatic carboxylic acids is 1. The van der Waals surface area contributed by atoms with Crippen LogP contribution in [-0.4, -0.2) is 35.2 Å². The van der Waals surface area contributed by atoms with Crippen LogP contribution in [-0.2, 0) is 23.9 Å². The fourth-order valence-electron chi connectivity index (χ4n) is 2.54. The second-order valence-corrected chi connectivity index (χ2v) is 4.14. The van der Waals surface area contributed by atoms with Crippen LogP contribution < -0.4 is 0 Å². The summed E-state index contributed by atoms with van der Waals surface area (Å²) in [7, 11) is 0. The van der Waals surface area contributed by atoms with Crippen molar-refractivity contribution in [2.75, 3.05) is 0 Å². The highest BCUT2D eigenvalue weighted by molar-refractivity contribution is 5.78. The molecule has 0 amide bonds. The molecule has 0 radical (unpaired) electrons. The summed E-state index contributed by atoms with van der Waals surface area (Å²) in [5, 5.41) is 9.07. The molecule has 16 heavy (non-hydrogen) atoms. The zero-order valence-corrected chi connectivity index (χ0v) is 8.71. The largest absolute Gasteiger partial charge is 0.481 e. The summed E-state index contributed by atoms with van der Waals surface area (Å²) in [6.07, 6.45) is -0.720. The molecule has 4 atom stereocenters. The topological polar surface area (TPSA) is 89.9 Å². The fraction of sp³-hybridized carbons (Fsp3) is 0.700. The second kappa shape index (κ2) is 3.77. The van der Waals surface area contributed by atoms with E-state index in [1.807, 2.05) is 0 Å². The van der Waals surface area contributed by atoms with E-state index in [-0.39, 0.29) is 24.7 Å². The minimum absolute atomic E-state index is 0.0966. The van der Waals surface area contributed by atoms with Gasteiger partial charge in [-0.05, 0) is 0 Å². The molecule has 0 aromatic carbocycles. The van der Waals surface area contributed by atoms with E-state index in [2.05, 4.69) is 0 Å². The lowest BCUT2D eigenvalue weighted by Gasteiger charge is -2.17. The zero-order chi connectivity index (χ0) is 11.9. The van der Waals surface area contributed by atoms with Gasteiger partial charge in [0.2, 0.25) is 0 Å². The van der Waals surface area contributed by atoms with Crippen molar-refractivity contribution in [3.8, 4) is 0 Å². The van der Waals surface area contributed by atoms with Crippen molar-refractivity contribution in [2.45, 2.75) is 32.0 Å². The summed E-state index contributed by atoms with van der Waals surface area (Å²) in [6.45, 7) is 1.24. The van der Waals surface area contributed by atoms with E-state index in [0.717, 1.165) is 0 Å². The Kier molecular flexibility index (Phi) is 2.57. The Morgan fingerprint density at radius 2 is 2.19 bits per heavy atom. The highest BCUT2D eigenvalue weighted by atomic mass is 16.6. The molecule has 6 heteroatoms. The maximum absolute atomic E-state index is 11.1. The quantitative estimate of drug-likeness (QED) is 0.666. The molecular weight excluding hydrogens is 216 g/mol. The molecule has 1 aliphatic heterocycles.